The van der Waals surface area contributed by atoms with Gasteiger partial charge in [-0.15, -0.1) is 0 Å². The van der Waals surface area contributed by atoms with Crippen LogP contribution in [0.1, 0.15) is 47.0 Å². The molecule has 1 rings (SSSR count). The molecule has 0 amide bonds. The third-order valence-electron chi connectivity index (χ3n) is 4.12. The van der Waals surface area contributed by atoms with Crippen LogP contribution in [0.4, 0.5) is 0 Å². The summed E-state index contributed by atoms with van der Waals surface area (Å²) in [6, 6.07) is 0.689. The van der Waals surface area contributed by atoms with Gasteiger partial charge in [-0.1, -0.05) is 6.92 Å². The minimum absolute atomic E-state index is 0.689. The lowest BCUT2D eigenvalue weighted by molar-refractivity contribution is 0.117. The highest BCUT2D eigenvalue weighted by atomic mass is 15.2. The number of nitrogens with zero attached hydrogens (tertiary/aromatic N) is 3. The maximum absolute atomic E-state index is 4.58. The van der Waals surface area contributed by atoms with E-state index in [0.29, 0.717) is 6.04 Å². The number of likely N-dealkylation sites (N-methyl/N-ethyl adjacent to an activating group) is 1. The molecule has 1 atom stereocenters. The van der Waals surface area contributed by atoms with Gasteiger partial charge in [0.05, 0.1) is 0 Å². The average Bonchev–Trinajstić information content (AvgIpc) is 2.37. The smallest absolute Gasteiger partial charge is 0.0417 e. The van der Waals surface area contributed by atoms with Crippen LogP contribution in [0.3, 0.4) is 0 Å². The molecule has 3 nitrogen and oxygen atoms in total. The minimum Gasteiger partial charge on any atom is -0.305 e. The van der Waals surface area contributed by atoms with Gasteiger partial charge in [0.2, 0.25) is 0 Å². The van der Waals surface area contributed by atoms with Crippen LogP contribution >= 0.6 is 0 Å². The van der Waals surface area contributed by atoms with Gasteiger partial charge in [-0.25, -0.2) is 0 Å². The molecule has 1 heterocycles. The fourth-order valence-corrected chi connectivity index (χ4v) is 2.93. The molecule has 0 aliphatic carbocycles. The topological polar surface area (TPSA) is 18.8 Å². The molecule has 0 spiro atoms. The van der Waals surface area contributed by atoms with Crippen molar-refractivity contribution in [2.24, 2.45) is 10.9 Å². The van der Waals surface area contributed by atoms with E-state index in [4.69, 9.17) is 0 Å². The first-order chi connectivity index (χ1) is 9.02. The second kappa shape index (κ2) is 8.70. The molecule has 0 saturated carbocycles. The number of aliphatic imine (C=N–C) groups is 1. The van der Waals surface area contributed by atoms with Crippen molar-refractivity contribution in [3.63, 3.8) is 0 Å². The molecule has 1 aliphatic heterocycles. The quantitative estimate of drug-likeness (QED) is 0.661. The average molecular weight is 267 g/mol. The number of hydrogen-bond donors (Lipinski definition) is 0. The van der Waals surface area contributed by atoms with Crippen LogP contribution in [0.15, 0.2) is 4.99 Å². The van der Waals surface area contributed by atoms with Crippen LogP contribution in [0.2, 0.25) is 0 Å². The normalized spacial score (nSPS) is 19.7. The molecule has 3 heteroatoms. The summed E-state index contributed by atoms with van der Waals surface area (Å²) in [5, 5.41) is 0. The van der Waals surface area contributed by atoms with Crippen molar-refractivity contribution in [1.82, 2.24) is 9.80 Å². The Morgan fingerprint density at radius 1 is 1.32 bits per heavy atom. The highest BCUT2D eigenvalue weighted by Crippen LogP contribution is 2.19. The summed E-state index contributed by atoms with van der Waals surface area (Å²) in [4.78, 5) is 9.70. The number of rotatable bonds is 7. The fourth-order valence-electron chi connectivity index (χ4n) is 2.93. The van der Waals surface area contributed by atoms with Crippen molar-refractivity contribution in [3.05, 3.63) is 0 Å². The first-order valence-electron chi connectivity index (χ1n) is 7.93. The molecule has 1 aliphatic rings. The Morgan fingerprint density at radius 2 is 1.95 bits per heavy atom. The molecule has 0 bridgehead atoms. The van der Waals surface area contributed by atoms with E-state index in [9.17, 15) is 0 Å². The summed E-state index contributed by atoms with van der Waals surface area (Å²) in [5.41, 5.74) is 1.22. The Morgan fingerprint density at radius 3 is 2.47 bits per heavy atom. The Bertz CT molecular complexity index is 263. The summed E-state index contributed by atoms with van der Waals surface area (Å²) < 4.78 is 0. The molecule has 0 radical (unpaired) electrons. The van der Waals surface area contributed by atoms with Crippen LogP contribution in [-0.2, 0) is 0 Å². The molecule has 112 valence electrons. The molecule has 1 saturated heterocycles. The zero-order valence-electron chi connectivity index (χ0n) is 13.7. The molecule has 1 fully saturated rings. The van der Waals surface area contributed by atoms with Gasteiger partial charge in [-0.2, -0.15) is 0 Å². The van der Waals surface area contributed by atoms with Crippen LogP contribution in [0.5, 0.6) is 0 Å². The van der Waals surface area contributed by atoms with Gasteiger partial charge in [-0.3, -0.25) is 9.89 Å². The van der Waals surface area contributed by atoms with Crippen molar-refractivity contribution in [1.29, 1.82) is 0 Å². The number of likely N-dealkylation sites (tertiary alicyclic amines) is 1. The van der Waals surface area contributed by atoms with Crippen LogP contribution in [0, 0.1) is 5.92 Å². The summed E-state index contributed by atoms with van der Waals surface area (Å²) in [7, 11) is 2.24. The lowest BCUT2D eigenvalue weighted by Crippen LogP contribution is -2.45. The predicted octanol–water partition coefficient (Wildman–Crippen LogP) is 2.91. The third kappa shape index (κ3) is 6.53. The van der Waals surface area contributed by atoms with E-state index in [2.05, 4.69) is 49.5 Å². The van der Waals surface area contributed by atoms with Crippen molar-refractivity contribution in [2.75, 3.05) is 39.8 Å². The molecule has 0 N–H and O–H groups in total. The molecule has 1 unspecified atom stereocenters. The van der Waals surface area contributed by atoms with Crippen molar-refractivity contribution in [3.8, 4) is 0 Å². The van der Waals surface area contributed by atoms with E-state index in [1.807, 2.05) is 0 Å². The second-order valence-corrected chi connectivity index (χ2v) is 6.38. The van der Waals surface area contributed by atoms with Gasteiger partial charge < -0.3 is 4.90 Å². The van der Waals surface area contributed by atoms with E-state index in [0.717, 1.165) is 12.5 Å². The van der Waals surface area contributed by atoms with E-state index >= 15 is 0 Å². The lowest BCUT2D eigenvalue weighted by atomic mass is 9.96. The molecular weight excluding hydrogens is 234 g/mol. The van der Waals surface area contributed by atoms with Gasteiger partial charge in [0.25, 0.3) is 0 Å². The van der Waals surface area contributed by atoms with E-state index in [1.54, 1.807) is 0 Å². The summed E-state index contributed by atoms with van der Waals surface area (Å²) >= 11 is 0. The number of piperidine rings is 1. The SMILES string of the molecule is CCCN(C)CC(C)N1CCC(CN=C(C)C)CC1. The van der Waals surface area contributed by atoms with E-state index in [-0.39, 0.29) is 0 Å². The maximum Gasteiger partial charge on any atom is 0.0417 e. The maximum atomic E-state index is 4.58. The van der Waals surface area contributed by atoms with Gasteiger partial charge in [0, 0.05) is 24.8 Å². The zero-order chi connectivity index (χ0) is 14.3. The highest BCUT2D eigenvalue weighted by Gasteiger charge is 2.22. The van der Waals surface area contributed by atoms with Crippen LogP contribution in [0.25, 0.3) is 0 Å². The van der Waals surface area contributed by atoms with Gasteiger partial charge in [-0.05, 0) is 72.6 Å². The molecular formula is C16H33N3. The van der Waals surface area contributed by atoms with Crippen molar-refractivity contribution < 1.29 is 0 Å². The molecule has 0 aromatic heterocycles. The van der Waals surface area contributed by atoms with Gasteiger partial charge >= 0.3 is 0 Å². The standard InChI is InChI=1S/C16H33N3/c1-6-9-18(5)13-15(4)19-10-7-16(8-11-19)12-17-14(2)3/h15-16H,6-13H2,1-5H3. The lowest BCUT2D eigenvalue weighted by Gasteiger charge is -2.37. The Balaban J connectivity index is 2.27. The van der Waals surface area contributed by atoms with Crippen LogP contribution < -0.4 is 0 Å². The number of hydrogen-bond acceptors (Lipinski definition) is 3. The Labute approximate surface area is 120 Å². The minimum atomic E-state index is 0.689. The van der Waals surface area contributed by atoms with Crippen LogP contribution in [-0.4, -0.2) is 61.3 Å². The van der Waals surface area contributed by atoms with E-state index < -0.39 is 0 Å². The second-order valence-electron chi connectivity index (χ2n) is 6.38. The summed E-state index contributed by atoms with van der Waals surface area (Å²) in [6.07, 6.45) is 3.89. The predicted molar refractivity (Wildman–Crippen MR) is 85.2 cm³/mol. The fraction of sp³-hybridized carbons (Fsp3) is 0.938. The largest absolute Gasteiger partial charge is 0.305 e. The van der Waals surface area contributed by atoms with Crippen molar-refractivity contribution in [2.45, 2.75) is 53.0 Å². The summed E-state index contributed by atoms with van der Waals surface area (Å²) in [5.74, 6) is 0.812. The highest BCUT2D eigenvalue weighted by molar-refractivity contribution is 5.79. The van der Waals surface area contributed by atoms with Gasteiger partial charge in [0.15, 0.2) is 0 Å². The Kier molecular flexibility index (Phi) is 7.62. The summed E-state index contributed by atoms with van der Waals surface area (Å²) in [6.45, 7) is 14.8. The first kappa shape index (κ1) is 16.6. The third-order valence-corrected chi connectivity index (χ3v) is 4.12. The molecule has 0 aromatic carbocycles. The Hall–Kier alpha value is -0.410. The molecule has 19 heavy (non-hydrogen) atoms. The zero-order valence-corrected chi connectivity index (χ0v) is 13.7. The monoisotopic (exact) mass is 267 g/mol. The van der Waals surface area contributed by atoms with E-state index in [1.165, 1.54) is 51.2 Å². The van der Waals surface area contributed by atoms with Gasteiger partial charge in [0.1, 0.15) is 0 Å². The first-order valence-corrected chi connectivity index (χ1v) is 7.93. The molecule has 0 aromatic rings. The van der Waals surface area contributed by atoms with Crippen molar-refractivity contribution >= 4 is 5.71 Å².